The van der Waals surface area contributed by atoms with Gasteiger partial charge in [-0.25, -0.2) is 0 Å². The molecular formula is C26H25N3. The van der Waals surface area contributed by atoms with Crippen LogP contribution in [0.25, 0.3) is 17.0 Å². The lowest BCUT2D eigenvalue weighted by molar-refractivity contribution is 0.226. The topological polar surface area (TPSA) is 31.9 Å². The number of fused-ring (bicyclic) bond motifs is 3. The number of benzene rings is 2. The molecule has 3 heterocycles. The second kappa shape index (κ2) is 7.69. The van der Waals surface area contributed by atoms with Gasteiger partial charge in [0, 0.05) is 35.9 Å². The fraction of sp³-hybridized carbons (Fsp3) is 0.192. The summed E-state index contributed by atoms with van der Waals surface area (Å²) in [5.41, 5.74) is 7.67. The fourth-order valence-corrected chi connectivity index (χ4v) is 4.53. The van der Waals surface area contributed by atoms with Gasteiger partial charge < -0.3 is 4.98 Å². The van der Waals surface area contributed by atoms with Gasteiger partial charge in [-0.2, -0.15) is 0 Å². The quantitative estimate of drug-likeness (QED) is 0.499. The molecule has 29 heavy (non-hydrogen) atoms. The van der Waals surface area contributed by atoms with Gasteiger partial charge in [0.1, 0.15) is 0 Å². The molecule has 0 radical (unpaired) electrons. The molecule has 5 rings (SSSR count). The molecule has 0 fully saturated rings. The van der Waals surface area contributed by atoms with Gasteiger partial charge in [0.05, 0.1) is 11.7 Å². The molecule has 1 N–H and O–H groups in total. The van der Waals surface area contributed by atoms with Gasteiger partial charge in [0.25, 0.3) is 0 Å². The molecule has 0 spiro atoms. The number of H-pyrrole nitrogens is 1. The lowest BCUT2D eigenvalue weighted by Gasteiger charge is -2.35. The molecule has 144 valence electrons. The molecule has 0 aliphatic carbocycles. The van der Waals surface area contributed by atoms with E-state index in [9.17, 15) is 0 Å². The third kappa shape index (κ3) is 3.50. The van der Waals surface area contributed by atoms with E-state index in [1.165, 1.54) is 33.3 Å². The molecule has 0 saturated carbocycles. The predicted molar refractivity (Wildman–Crippen MR) is 120 cm³/mol. The summed E-state index contributed by atoms with van der Waals surface area (Å²) in [5.74, 6) is 0. The summed E-state index contributed by atoms with van der Waals surface area (Å²) in [6, 6.07) is 25.6. The van der Waals surface area contributed by atoms with E-state index >= 15 is 0 Å². The average Bonchev–Trinajstić information content (AvgIpc) is 3.13. The maximum absolute atomic E-state index is 4.73. The Bertz CT molecular complexity index is 1140. The smallest absolute Gasteiger partial charge is 0.0933 e. The molecular weight excluding hydrogens is 354 g/mol. The monoisotopic (exact) mass is 379 g/mol. The lowest BCUT2D eigenvalue weighted by atomic mass is 9.94. The first kappa shape index (κ1) is 17.9. The zero-order chi connectivity index (χ0) is 19.6. The largest absolute Gasteiger partial charge is 0.357 e. The Kier molecular flexibility index (Phi) is 4.74. The Morgan fingerprint density at radius 2 is 1.83 bits per heavy atom. The molecule has 1 aliphatic rings. The number of nitrogens with one attached hydrogen (secondary N) is 1. The first-order valence-electron chi connectivity index (χ1n) is 10.3. The molecule has 3 nitrogen and oxygen atoms in total. The number of pyridine rings is 1. The van der Waals surface area contributed by atoms with Gasteiger partial charge in [-0.3, -0.25) is 9.88 Å². The van der Waals surface area contributed by atoms with Crippen molar-refractivity contribution in [3.8, 4) is 0 Å². The third-order valence-electron chi connectivity index (χ3n) is 5.77. The summed E-state index contributed by atoms with van der Waals surface area (Å²) >= 11 is 0. The van der Waals surface area contributed by atoms with Crippen molar-refractivity contribution in [2.75, 3.05) is 13.1 Å². The van der Waals surface area contributed by atoms with E-state index in [1.54, 1.807) is 0 Å². The summed E-state index contributed by atoms with van der Waals surface area (Å²) in [6.45, 7) is 4.17. The van der Waals surface area contributed by atoms with Crippen molar-refractivity contribution >= 4 is 17.0 Å². The first-order chi connectivity index (χ1) is 14.3. The maximum atomic E-state index is 4.73. The minimum atomic E-state index is 0.145. The van der Waals surface area contributed by atoms with Crippen molar-refractivity contribution in [1.29, 1.82) is 0 Å². The number of aromatic amines is 1. The van der Waals surface area contributed by atoms with Gasteiger partial charge in [-0.15, -0.1) is 0 Å². The second-order valence-corrected chi connectivity index (χ2v) is 7.84. The van der Waals surface area contributed by atoms with E-state index < -0.39 is 0 Å². The van der Waals surface area contributed by atoms with Crippen LogP contribution in [0.1, 0.15) is 35.5 Å². The lowest BCUT2D eigenvalue weighted by Crippen LogP contribution is -2.37. The van der Waals surface area contributed by atoms with Crippen molar-refractivity contribution in [3.05, 3.63) is 107 Å². The van der Waals surface area contributed by atoms with Crippen LogP contribution in [0.5, 0.6) is 0 Å². The van der Waals surface area contributed by atoms with Gasteiger partial charge in [0.15, 0.2) is 0 Å². The van der Waals surface area contributed by atoms with E-state index in [4.69, 9.17) is 4.98 Å². The van der Waals surface area contributed by atoms with E-state index in [0.717, 1.165) is 25.2 Å². The standard InChI is InChI=1S/C26H25N3/c1-19(17-20-9-3-2-4-10-20)18-29-16-14-22-21-11-5-6-12-23(21)28-25(22)26(29)24-13-7-8-15-27-24/h2-13,15,17,26,28H,14,16,18H2,1H3/b19-17+. The highest BCUT2D eigenvalue weighted by atomic mass is 15.2. The number of aromatic nitrogens is 2. The number of hydrogen-bond acceptors (Lipinski definition) is 2. The second-order valence-electron chi connectivity index (χ2n) is 7.84. The van der Waals surface area contributed by atoms with Gasteiger partial charge in [-0.1, -0.05) is 66.2 Å². The Hall–Kier alpha value is -3.17. The Balaban J connectivity index is 1.54. The molecule has 0 amide bonds. The van der Waals surface area contributed by atoms with Gasteiger partial charge in [0.2, 0.25) is 0 Å². The normalized spacial score (nSPS) is 17.4. The van der Waals surface area contributed by atoms with Gasteiger partial charge in [-0.05, 0) is 42.7 Å². The minimum Gasteiger partial charge on any atom is -0.357 e. The number of rotatable bonds is 4. The number of para-hydroxylation sites is 1. The van der Waals surface area contributed by atoms with Crippen LogP contribution in [0.4, 0.5) is 0 Å². The van der Waals surface area contributed by atoms with E-state index in [-0.39, 0.29) is 6.04 Å². The van der Waals surface area contributed by atoms with Crippen molar-refractivity contribution < 1.29 is 0 Å². The summed E-state index contributed by atoms with van der Waals surface area (Å²) < 4.78 is 0. The predicted octanol–water partition coefficient (Wildman–Crippen LogP) is 5.61. The van der Waals surface area contributed by atoms with Crippen LogP contribution in [0, 0.1) is 0 Å². The van der Waals surface area contributed by atoms with Crippen LogP contribution >= 0.6 is 0 Å². The van der Waals surface area contributed by atoms with Crippen LogP contribution in [0.3, 0.4) is 0 Å². The molecule has 2 aromatic carbocycles. The molecule has 0 bridgehead atoms. The van der Waals surface area contributed by atoms with Crippen LogP contribution in [0.15, 0.2) is 84.6 Å². The summed E-state index contributed by atoms with van der Waals surface area (Å²) in [5, 5.41) is 1.35. The highest BCUT2D eigenvalue weighted by molar-refractivity contribution is 5.85. The highest BCUT2D eigenvalue weighted by Gasteiger charge is 2.32. The molecule has 3 heteroatoms. The van der Waals surface area contributed by atoms with Crippen molar-refractivity contribution in [3.63, 3.8) is 0 Å². The molecule has 1 atom stereocenters. The van der Waals surface area contributed by atoms with E-state index in [1.807, 2.05) is 12.3 Å². The van der Waals surface area contributed by atoms with E-state index in [2.05, 4.69) is 89.6 Å². The van der Waals surface area contributed by atoms with E-state index in [0.29, 0.717) is 0 Å². The SMILES string of the molecule is C/C(=C\c1ccccc1)CN1CCc2c([nH]c3ccccc23)C1c1ccccn1. The Labute approximate surface area is 171 Å². The Morgan fingerprint density at radius 1 is 1.03 bits per heavy atom. The van der Waals surface area contributed by atoms with Crippen molar-refractivity contribution in [2.24, 2.45) is 0 Å². The number of nitrogens with zero attached hydrogens (tertiary/aromatic N) is 2. The maximum Gasteiger partial charge on any atom is 0.0933 e. The zero-order valence-corrected chi connectivity index (χ0v) is 16.7. The first-order valence-corrected chi connectivity index (χ1v) is 10.3. The van der Waals surface area contributed by atoms with Crippen LogP contribution in [0.2, 0.25) is 0 Å². The zero-order valence-electron chi connectivity index (χ0n) is 16.7. The average molecular weight is 380 g/mol. The molecule has 1 unspecified atom stereocenters. The highest BCUT2D eigenvalue weighted by Crippen LogP contribution is 2.37. The van der Waals surface area contributed by atoms with Crippen LogP contribution in [-0.2, 0) is 6.42 Å². The molecule has 0 saturated heterocycles. The van der Waals surface area contributed by atoms with Crippen molar-refractivity contribution in [2.45, 2.75) is 19.4 Å². The minimum absolute atomic E-state index is 0.145. The van der Waals surface area contributed by atoms with Crippen molar-refractivity contribution in [1.82, 2.24) is 14.9 Å². The van der Waals surface area contributed by atoms with Crippen LogP contribution < -0.4 is 0 Å². The van der Waals surface area contributed by atoms with Gasteiger partial charge >= 0.3 is 0 Å². The summed E-state index contributed by atoms with van der Waals surface area (Å²) in [4.78, 5) is 11.0. The number of hydrogen-bond donors (Lipinski definition) is 1. The third-order valence-corrected chi connectivity index (χ3v) is 5.77. The Morgan fingerprint density at radius 3 is 2.66 bits per heavy atom. The van der Waals surface area contributed by atoms with Crippen LogP contribution in [-0.4, -0.2) is 28.0 Å². The summed E-state index contributed by atoms with van der Waals surface area (Å²) in [6.07, 6.45) is 5.24. The summed E-state index contributed by atoms with van der Waals surface area (Å²) in [7, 11) is 0. The molecule has 4 aromatic rings. The molecule has 2 aromatic heterocycles. The molecule has 1 aliphatic heterocycles. The fourth-order valence-electron chi connectivity index (χ4n) is 4.53.